The average molecular weight is 192 g/mol. The molecule has 0 aliphatic carbocycles. The fraction of sp³-hybridized carbons (Fsp3) is 0.143. The molecule has 0 bridgehead atoms. The molecule has 0 spiro atoms. The van der Waals surface area contributed by atoms with E-state index in [1.165, 1.54) is 0 Å². The van der Waals surface area contributed by atoms with E-state index in [4.69, 9.17) is 27.5 Å². The number of phenols is 2. The van der Waals surface area contributed by atoms with Crippen LogP contribution in [0.1, 0.15) is 5.56 Å². The topological polar surface area (TPSA) is 66.5 Å². The van der Waals surface area contributed by atoms with Gasteiger partial charge in [-0.15, -0.1) is 0 Å². The molecule has 66 valence electrons. The second-order valence-electron chi connectivity index (χ2n) is 2.23. The second kappa shape index (κ2) is 3.16. The minimum Gasteiger partial charge on any atom is -0.506 e. The zero-order valence-electron chi connectivity index (χ0n) is 6.01. The summed E-state index contributed by atoms with van der Waals surface area (Å²) < 4.78 is 12.7. The van der Waals surface area contributed by atoms with Gasteiger partial charge in [-0.25, -0.2) is 4.39 Å². The Hall–Kier alpha value is -1.00. The first-order valence-electron chi connectivity index (χ1n) is 3.16. The summed E-state index contributed by atoms with van der Waals surface area (Å²) in [6, 6.07) is 0.941. The number of halogens is 2. The maximum Gasteiger partial charge on any atom is 0.174 e. The molecule has 0 radical (unpaired) electrons. The largest absolute Gasteiger partial charge is 0.506 e. The number of phenolic OH excluding ortho intramolecular Hbond substituents is 2. The highest BCUT2D eigenvalue weighted by atomic mass is 35.5. The van der Waals surface area contributed by atoms with Gasteiger partial charge in [-0.2, -0.15) is 0 Å². The number of hydrogen-bond acceptors (Lipinski definition) is 3. The lowest BCUT2D eigenvalue weighted by atomic mass is 10.2. The van der Waals surface area contributed by atoms with Gasteiger partial charge in [0.05, 0.1) is 0 Å². The molecule has 0 aromatic heterocycles. The Morgan fingerprint density at radius 1 is 1.42 bits per heavy atom. The van der Waals surface area contributed by atoms with Crippen molar-refractivity contribution >= 4 is 11.6 Å². The van der Waals surface area contributed by atoms with E-state index < -0.39 is 16.6 Å². The van der Waals surface area contributed by atoms with Crippen molar-refractivity contribution < 1.29 is 14.6 Å². The van der Waals surface area contributed by atoms with Crippen molar-refractivity contribution in [2.24, 2.45) is 5.73 Å². The summed E-state index contributed by atoms with van der Waals surface area (Å²) >= 11 is 5.37. The van der Waals surface area contributed by atoms with Gasteiger partial charge in [0.25, 0.3) is 0 Å². The molecule has 12 heavy (non-hydrogen) atoms. The Morgan fingerprint density at radius 2 is 2.00 bits per heavy atom. The summed E-state index contributed by atoms with van der Waals surface area (Å²) in [5.41, 5.74) is 5.33. The predicted molar refractivity (Wildman–Crippen MR) is 42.6 cm³/mol. The van der Waals surface area contributed by atoms with Crippen LogP contribution in [0.3, 0.4) is 0 Å². The van der Waals surface area contributed by atoms with Gasteiger partial charge >= 0.3 is 0 Å². The van der Waals surface area contributed by atoms with Crippen molar-refractivity contribution in [3.63, 3.8) is 0 Å². The van der Waals surface area contributed by atoms with Crippen LogP contribution in [0.4, 0.5) is 4.39 Å². The van der Waals surface area contributed by atoms with Gasteiger partial charge in [-0.3, -0.25) is 0 Å². The van der Waals surface area contributed by atoms with E-state index >= 15 is 0 Å². The summed E-state index contributed by atoms with van der Waals surface area (Å²) in [6.45, 7) is -0.0389. The minimum atomic E-state index is -0.891. The first-order chi connectivity index (χ1) is 5.57. The van der Waals surface area contributed by atoms with Crippen LogP contribution >= 0.6 is 11.6 Å². The quantitative estimate of drug-likeness (QED) is 0.628. The highest BCUT2D eigenvalue weighted by molar-refractivity contribution is 6.33. The number of rotatable bonds is 1. The molecule has 1 rings (SSSR count). The van der Waals surface area contributed by atoms with E-state index in [9.17, 15) is 4.39 Å². The standard InChI is InChI=1S/C7H7ClFNO2/c8-5-6(11)3(2-10)1-4(9)7(5)12/h1,11-12H,2,10H2. The molecule has 0 amide bonds. The van der Waals surface area contributed by atoms with E-state index in [-0.39, 0.29) is 17.9 Å². The van der Waals surface area contributed by atoms with Crippen LogP contribution in [0.2, 0.25) is 5.02 Å². The SMILES string of the molecule is NCc1cc(F)c(O)c(Cl)c1O. The van der Waals surface area contributed by atoms with Gasteiger partial charge in [0.15, 0.2) is 11.6 Å². The Kier molecular flexibility index (Phi) is 2.40. The Bertz CT molecular complexity index is 317. The molecule has 5 heteroatoms. The third-order valence-electron chi connectivity index (χ3n) is 1.47. The normalized spacial score (nSPS) is 10.2. The lowest BCUT2D eigenvalue weighted by Crippen LogP contribution is -1.98. The Labute approximate surface area is 73.2 Å². The fourth-order valence-electron chi connectivity index (χ4n) is 0.803. The lowest BCUT2D eigenvalue weighted by Gasteiger charge is -2.05. The van der Waals surface area contributed by atoms with Crippen molar-refractivity contribution in [1.82, 2.24) is 0 Å². The fourth-order valence-corrected chi connectivity index (χ4v) is 1.01. The summed E-state index contributed by atoms with van der Waals surface area (Å²) in [6.07, 6.45) is 0. The molecular formula is C7H7ClFNO2. The highest BCUT2D eigenvalue weighted by Gasteiger charge is 2.14. The van der Waals surface area contributed by atoms with Crippen molar-refractivity contribution in [1.29, 1.82) is 0 Å². The molecule has 0 aliphatic rings. The third-order valence-corrected chi connectivity index (χ3v) is 1.83. The molecule has 0 heterocycles. The van der Waals surface area contributed by atoms with Crippen LogP contribution in [0, 0.1) is 5.82 Å². The molecule has 4 N–H and O–H groups in total. The minimum absolute atomic E-state index is 0.0389. The monoisotopic (exact) mass is 191 g/mol. The Morgan fingerprint density at radius 3 is 2.50 bits per heavy atom. The molecule has 1 aromatic carbocycles. The summed E-state index contributed by atoms with van der Waals surface area (Å²) in [7, 11) is 0. The molecule has 0 saturated carbocycles. The zero-order chi connectivity index (χ0) is 9.30. The third kappa shape index (κ3) is 1.31. The molecule has 0 atom stereocenters. The highest BCUT2D eigenvalue weighted by Crippen LogP contribution is 2.37. The Balaban J connectivity index is 3.39. The van der Waals surface area contributed by atoms with Crippen molar-refractivity contribution in [2.45, 2.75) is 6.54 Å². The van der Waals surface area contributed by atoms with Gasteiger partial charge < -0.3 is 15.9 Å². The summed E-state index contributed by atoms with van der Waals surface area (Å²) in [4.78, 5) is 0. The predicted octanol–water partition coefficient (Wildman–Crippen LogP) is 1.35. The average Bonchev–Trinajstić information content (AvgIpc) is 2.08. The second-order valence-corrected chi connectivity index (χ2v) is 2.61. The summed E-state index contributed by atoms with van der Waals surface area (Å²) in [5.74, 6) is -2.03. The van der Waals surface area contributed by atoms with Gasteiger partial charge in [0, 0.05) is 12.1 Å². The maximum atomic E-state index is 12.7. The number of aromatic hydroxyl groups is 2. The van der Waals surface area contributed by atoms with Crippen LogP contribution in [-0.2, 0) is 6.54 Å². The molecular weight excluding hydrogens is 185 g/mol. The van der Waals surface area contributed by atoms with Crippen LogP contribution in [0.15, 0.2) is 6.07 Å². The van der Waals surface area contributed by atoms with Gasteiger partial charge in [0.2, 0.25) is 0 Å². The van der Waals surface area contributed by atoms with Gasteiger partial charge in [-0.05, 0) is 6.07 Å². The number of benzene rings is 1. The number of nitrogens with two attached hydrogens (primary N) is 1. The van der Waals surface area contributed by atoms with Crippen LogP contribution < -0.4 is 5.73 Å². The van der Waals surface area contributed by atoms with E-state index in [1.807, 2.05) is 0 Å². The molecule has 0 saturated heterocycles. The van der Waals surface area contributed by atoms with Gasteiger partial charge in [-0.1, -0.05) is 11.6 Å². The summed E-state index contributed by atoms with van der Waals surface area (Å²) in [5, 5.41) is 17.7. The maximum absolute atomic E-state index is 12.7. The van der Waals surface area contributed by atoms with Crippen molar-refractivity contribution in [2.75, 3.05) is 0 Å². The first-order valence-corrected chi connectivity index (χ1v) is 3.54. The van der Waals surface area contributed by atoms with E-state index in [2.05, 4.69) is 0 Å². The van der Waals surface area contributed by atoms with E-state index in [1.54, 1.807) is 0 Å². The van der Waals surface area contributed by atoms with E-state index in [0.29, 0.717) is 0 Å². The van der Waals surface area contributed by atoms with Gasteiger partial charge in [0.1, 0.15) is 10.8 Å². The molecule has 0 fully saturated rings. The van der Waals surface area contributed by atoms with E-state index in [0.717, 1.165) is 6.07 Å². The molecule has 0 aliphatic heterocycles. The lowest BCUT2D eigenvalue weighted by molar-refractivity contribution is 0.416. The zero-order valence-corrected chi connectivity index (χ0v) is 6.77. The van der Waals surface area contributed by atoms with Crippen molar-refractivity contribution in [3.8, 4) is 11.5 Å². The smallest absolute Gasteiger partial charge is 0.174 e. The molecule has 1 aromatic rings. The van der Waals surface area contributed by atoms with Crippen LogP contribution in [0.5, 0.6) is 11.5 Å². The first kappa shape index (κ1) is 9.09. The molecule has 0 unspecified atom stereocenters. The van der Waals surface area contributed by atoms with Crippen LogP contribution in [0.25, 0.3) is 0 Å². The number of hydrogen-bond donors (Lipinski definition) is 3. The van der Waals surface area contributed by atoms with Crippen molar-refractivity contribution in [3.05, 3.63) is 22.5 Å². The molecule has 3 nitrogen and oxygen atoms in total. The van der Waals surface area contributed by atoms with Crippen LogP contribution in [-0.4, -0.2) is 10.2 Å².